The van der Waals surface area contributed by atoms with Gasteiger partial charge in [0, 0.05) is 49.9 Å². The SMILES string of the molecule is CC1(C)c2ccccc2Oc2ccc(-n3c4ccccc4c4cc(-c5ccc(N(c6ccc(-c7ccccc7)cc6)c6ccc(-c7ccc([Si](c8ccccc8)(c8ccccc8)c8ccccc8)cc7)cc6)c6nsnc56)ccc43)cc21. The minimum absolute atomic E-state index is 0.242. The van der Waals surface area contributed by atoms with Crippen molar-refractivity contribution in [2.24, 2.45) is 0 Å². The number of hydrogen-bond donors (Lipinski definition) is 0. The van der Waals surface area contributed by atoms with E-state index in [2.05, 4.69) is 308 Å². The van der Waals surface area contributed by atoms with E-state index in [0.717, 1.165) is 84.1 Å². The van der Waals surface area contributed by atoms with Gasteiger partial charge in [0.15, 0.2) is 8.07 Å². The van der Waals surface area contributed by atoms with Crippen LogP contribution in [0.15, 0.2) is 291 Å². The van der Waals surface area contributed by atoms with Crippen LogP contribution >= 0.6 is 11.7 Å². The fraction of sp³-hybridized carbons (Fsp3) is 0.0400. The van der Waals surface area contributed by atoms with Crippen LogP contribution in [0.2, 0.25) is 0 Å². The third kappa shape index (κ3) is 8.11. The lowest BCUT2D eigenvalue weighted by Crippen LogP contribution is -2.74. The smallest absolute Gasteiger partial charge is 0.179 e. The van der Waals surface area contributed by atoms with Gasteiger partial charge in [-0.15, -0.1) is 0 Å². The molecule has 0 spiro atoms. The van der Waals surface area contributed by atoms with Crippen molar-refractivity contribution < 1.29 is 4.74 Å². The molecule has 0 amide bonds. The zero-order chi connectivity index (χ0) is 54.8. The Kier molecular flexibility index (Phi) is 12.0. The van der Waals surface area contributed by atoms with E-state index in [1.807, 2.05) is 6.07 Å². The summed E-state index contributed by atoms with van der Waals surface area (Å²) in [6, 6.07) is 106. The van der Waals surface area contributed by atoms with Gasteiger partial charge in [0.25, 0.3) is 0 Å². The van der Waals surface area contributed by atoms with Crippen LogP contribution in [0.5, 0.6) is 11.5 Å². The van der Waals surface area contributed by atoms with E-state index in [0.29, 0.717) is 0 Å². The lowest BCUT2D eigenvalue weighted by molar-refractivity contribution is 0.418. The zero-order valence-corrected chi connectivity index (χ0v) is 47.1. The molecule has 2 aromatic heterocycles. The van der Waals surface area contributed by atoms with Crippen LogP contribution in [0.25, 0.3) is 71.9 Å². The second kappa shape index (κ2) is 20.0. The molecule has 0 unspecified atom stereocenters. The Bertz CT molecular complexity index is 4560. The molecule has 0 atom stereocenters. The number of benzene rings is 12. The lowest BCUT2D eigenvalue weighted by Gasteiger charge is -2.34. The summed E-state index contributed by atoms with van der Waals surface area (Å²) in [5, 5.41) is 7.78. The molecule has 0 radical (unpaired) electrons. The molecule has 82 heavy (non-hydrogen) atoms. The highest BCUT2D eigenvalue weighted by Gasteiger charge is 2.41. The van der Waals surface area contributed by atoms with Gasteiger partial charge in [-0.25, -0.2) is 0 Å². The van der Waals surface area contributed by atoms with E-state index in [-0.39, 0.29) is 5.41 Å². The number of anilines is 3. The fourth-order valence-electron chi connectivity index (χ4n) is 12.9. The molecule has 0 N–H and O–H groups in total. The normalized spacial score (nSPS) is 12.7. The number of ether oxygens (including phenoxy) is 1. The zero-order valence-electron chi connectivity index (χ0n) is 45.3. The topological polar surface area (TPSA) is 43.2 Å². The van der Waals surface area contributed by atoms with E-state index in [9.17, 15) is 0 Å². The van der Waals surface area contributed by atoms with Crippen molar-refractivity contribution in [1.29, 1.82) is 0 Å². The summed E-state index contributed by atoms with van der Waals surface area (Å²) in [5.41, 5.74) is 17.0. The summed E-state index contributed by atoms with van der Waals surface area (Å²) < 4.78 is 19.1. The van der Waals surface area contributed by atoms with E-state index in [1.165, 1.54) is 59.9 Å². The first-order valence-corrected chi connectivity index (χ1v) is 30.7. The molecule has 3 heterocycles. The van der Waals surface area contributed by atoms with Gasteiger partial charge in [0.05, 0.1) is 28.4 Å². The number of hydrogen-bond acceptors (Lipinski definition) is 5. The third-order valence-corrected chi connectivity index (χ3v) is 22.2. The van der Waals surface area contributed by atoms with Gasteiger partial charge in [-0.3, -0.25) is 0 Å². The Balaban J connectivity index is 0.809. The molecule has 5 nitrogen and oxygen atoms in total. The molecule has 390 valence electrons. The van der Waals surface area contributed by atoms with Crippen LogP contribution in [0.4, 0.5) is 17.1 Å². The first-order valence-electron chi connectivity index (χ1n) is 28.0. The van der Waals surface area contributed by atoms with Crippen LogP contribution in [0.3, 0.4) is 0 Å². The average Bonchev–Trinajstić information content (AvgIpc) is 4.30. The van der Waals surface area contributed by atoms with Gasteiger partial charge in [0.1, 0.15) is 22.5 Å². The second-order valence-electron chi connectivity index (χ2n) is 21.8. The molecule has 1 aliphatic heterocycles. The van der Waals surface area contributed by atoms with Gasteiger partial charge in [-0.2, -0.15) is 8.75 Å². The van der Waals surface area contributed by atoms with Crippen LogP contribution < -0.4 is 30.4 Å². The summed E-state index contributed by atoms with van der Waals surface area (Å²) in [7, 11) is -2.66. The maximum absolute atomic E-state index is 6.49. The highest BCUT2D eigenvalue weighted by atomic mass is 32.1. The maximum Gasteiger partial charge on any atom is 0.179 e. The van der Waals surface area contributed by atoms with E-state index in [1.54, 1.807) is 0 Å². The lowest BCUT2D eigenvalue weighted by atomic mass is 9.75. The van der Waals surface area contributed by atoms with E-state index >= 15 is 0 Å². The molecule has 1 aliphatic rings. The highest BCUT2D eigenvalue weighted by Crippen LogP contribution is 2.49. The largest absolute Gasteiger partial charge is 0.457 e. The number of fused-ring (bicyclic) bond motifs is 6. The Morgan fingerprint density at radius 1 is 0.390 bits per heavy atom. The van der Waals surface area contributed by atoms with Crippen molar-refractivity contribution in [3.63, 3.8) is 0 Å². The van der Waals surface area contributed by atoms with Crippen LogP contribution in [0, 0.1) is 0 Å². The summed E-state index contributed by atoms with van der Waals surface area (Å²) in [4.78, 5) is 2.33. The molecule has 12 aromatic carbocycles. The summed E-state index contributed by atoms with van der Waals surface area (Å²) in [6.45, 7) is 4.59. The Labute approximate surface area is 482 Å². The first-order chi connectivity index (χ1) is 40.4. The molecule has 15 rings (SSSR count). The van der Waals surface area contributed by atoms with Crippen molar-refractivity contribution in [1.82, 2.24) is 13.3 Å². The molecular formula is C75H54N4OSSi. The first kappa shape index (κ1) is 49.1. The molecule has 14 aromatic rings. The number of rotatable bonds is 11. The van der Waals surface area contributed by atoms with E-state index in [4.69, 9.17) is 13.5 Å². The quantitative estimate of drug-likeness (QED) is 0.0956. The molecule has 0 bridgehead atoms. The minimum Gasteiger partial charge on any atom is -0.457 e. The molecular weight excluding hydrogens is 1030 g/mol. The van der Waals surface area contributed by atoms with E-state index < -0.39 is 8.07 Å². The highest BCUT2D eigenvalue weighted by molar-refractivity contribution is 7.19. The number of para-hydroxylation sites is 2. The minimum atomic E-state index is -2.66. The van der Waals surface area contributed by atoms with Crippen molar-refractivity contribution in [3.8, 4) is 50.6 Å². The van der Waals surface area contributed by atoms with Gasteiger partial charge < -0.3 is 14.2 Å². The molecule has 0 aliphatic carbocycles. The average molecular weight is 1090 g/mol. The predicted octanol–water partition coefficient (Wildman–Crippen LogP) is 17.1. The van der Waals surface area contributed by atoms with Crippen molar-refractivity contribution in [3.05, 3.63) is 302 Å². The van der Waals surface area contributed by atoms with Crippen LogP contribution in [0.1, 0.15) is 25.0 Å². The Hall–Kier alpha value is -9.92. The molecule has 7 heteroatoms. The fourth-order valence-corrected chi connectivity index (χ4v) is 18.2. The van der Waals surface area contributed by atoms with Gasteiger partial charge in [-0.05, 0) is 127 Å². The molecule has 0 saturated carbocycles. The molecule has 0 saturated heterocycles. The van der Waals surface area contributed by atoms with Crippen molar-refractivity contribution >= 4 is 90.5 Å². The summed E-state index contributed by atoms with van der Waals surface area (Å²) in [5.74, 6) is 1.82. The molecule has 0 fully saturated rings. The van der Waals surface area contributed by atoms with Crippen molar-refractivity contribution in [2.75, 3.05) is 4.90 Å². The van der Waals surface area contributed by atoms with Crippen molar-refractivity contribution in [2.45, 2.75) is 19.3 Å². The standard InChI is InChI=1S/C75H54N4OSSi/c1-75(2)66-28-16-18-30-71(66)80-72-48-42-58(50-67(72)75)79-68-29-17-15-27-64(68)65-49-55(37-46-69(65)79)63-45-47-70(74-73(63)76-81-77-74)78(56-38-31-52(32-39-56)51-19-7-3-8-20-51)57-40-33-53(34-41-57)54-35-43-62(44-36-54)82(59-21-9-4-10-22-59,60-23-11-5-12-24-60)61-25-13-6-14-26-61/h3-50H,1-2H3. The monoisotopic (exact) mass is 1090 g/mol. The maximum atomic E-state index is 6.49. The summed E-state index contributed by atoms with van der Waals surface area (Å²) >= 11 is 1.26. The Morgan fingerprint density at radius 3 is 1.51 bits per heavy atom. The number of nitrogens with zero attached hydrogens (tertiary/aromatic N) is 4. The second-order valence-corrected chi connectivity index (χ2v) is 26.1. The number of aromatic nitrogens is 3. The van der Waals surface area contributed by atoms with Crippen LogP contribution in [-0.2, 0) is 5.41 Å². The van der Waals surface area contributed by atoms with Crippen LogP contribution in [-0.4, -0.2) is 21.4 Å². The van der Waals surface area contributed by atoms with Gasteiger partial charge >= 0.3 is 0 Å². The Morgan fingerprint density at radius 2 is 0.878 bits per heavy atom. The van der Waals surface area contributed by atoms with Gasteiger partial charge in [0.2, 0.25) is 0 Å². The third-order valence-electron chi connectivity index (χ3n) is 16.9. The summed E-state index contributed by atoms with van der Waals surface area (Å²) in [6.07, 6.45) is 0. The van der Waals surface area contributed by atoms with Gasteiger partial charge in [-0.1, -0.05) is 226 Å². The predicted molar refractivity (Wildman–Crippen MR) is 345 cm³/mol.